The maximum atomic E-state index is 13.3. The van der Waals surface area contributed by atoms with Gasteiger partial charge in [-0.3, -0.25) is 19.3 Å². The largest absolute Gasteiger partial charge is 0.300 e. The molecule has 0 bridgehead atoms. The van der Waals surface area contributed by atoms with Gasteiger partial charge in [0, 0.05) is 0 Å². The molecule has 0 saturated carbocycles. The Morgan fingerprint density at radius 3 is 2.58 bits per heavy atom. The smallest absolute Gasteiger partial charge is 0.249 e. The number of nitrogens with one attached hydrogen (secondary N) is 1. The molecule has 26 heavy (non-hydrogen) atoms. The second-order valence-electron chi connectivity index (χ2n) is 6.50. The molecule has 1 N–H and O–H groups in total. The van der Waals surface area contributed by atoms with E-state index in [1.165, 1.54) is 25.1 Å². The minimum absolute atomic E-state index is 0.293. The predicted molar refractivity (Wildman–Crippen MR) is 94.9 cm³/mol. The van der Waals surface area contributed by atoms with Crippen molar-refractivity contribution in [2.75, 3.05) is 5.32 Å². The van der Waals surface area contributed by atoms with Gasteiger partial charge in [-0.05, 0) is 38.0 Å². The van der Waals surface area contributed by atoms with Crippen LogP contribution in [0.15, 0.2) is 30.4 Å². The standard InChI is InChI=1S/C18H16FN3O3S/c1-9(22-16(24)11-4-2-3-5-12(11)17(22)25)15(23)21-18-20-13-7-6-10(19)8-14(13)26-18/h2-3,6-9,11-12H,4-5H2,1H3,(H,20,21,23)/t9-,11-,12+/m0/s1. The SMILES string of the molecule is C[C@@H](C(=O)Nc1nc2ccc(F)cc2s1)N1C(=O)[C@H]2CC=CC[C@H]2C1=O. The summed E-state index contributed by atoms with van der Waals surface area (Å²) in [6.07, 6.45) is 4.87. The van der Waals surface area contributed by atoms with E-state index in [4.69, 9.17) is 0 Å². The Labute approximate surface area is 152 Å². The summed E-state index contributed by atoms with van der Waals surface area (Å²) in [5.41, 5.74) is 0.574. The first-order valence-electron chi connectivity index (χ1n) is 8.34. The predicted octanol–water partition coefficient (Wildman–Crippen LogP) is 2.71. The highest BCUT2D eigenvalue weighted by molar-refractivity contribution is 7.22. The molecular formula is C18H16FN3O3S. The van der Waals surface area contributed by atoms with Crippen LogP contribution in [0, 0.1) is 17.7 Å². The van der Waals surface area contributed by atoms with Crippen LogP contribution in [0.3, 0.4) is 0 Å². The molecule has 2 aromatic rings. The normalized spacial score (nSPS) is 23.4. The maximum absolute atomic E-state index is 13.3. The van der Waals surface area contributed by atoms with Crippen molar-refractivity contribution < 1.29 is 18.8 Å². The van der Waals surface area contributed by atoms with E-state index >= 15 is 0 Å². The van der Waals surface area contributed by atoms with Gasteiger partial charge in [-0.15, -0.1) is 0 Å². The molecule has 1 fully saturated rings. The number of rotatable bonds is 3. The molecule has 3 amide bonds. The minimum Gasteiger partial charge on any atom is -0.300 e. The van der Waals surface area contributed by atoms with Crippen LogP contribution in [0.2, 0.25) is 0 Å². The summed E-state index contributed by atoms with van der Waals surface area (Å²) in [5, 5.41) is 2.94. The summed E-state index contributed by atoms with van der Waals surface area (Å²) in [6, 6.07) is 3.25. The number of amides is 3. The lowest BCUT2D eigenvalue weighted by molar-refractivity contribution is -0.146. The van der Waals surface area contributed by atoms with Gasteiger partial charge in [0.25, 0.3) is 0 Å². The number of allylic oxidation sites excluding steroid dienone is 2. The number of benzene rings is 1. The molecule has 134 valence electrons. The van der Waals surface area contributed by atoms with Gasteiger partial charge in [-0.2, -0.15) is 0 Å². The van der Waals surface area contributed by atoms with Gasteiger partial charge in [0.15, 0.2) is 5.13 Å². The Morgan fingerprint density at radius 1 is 1.27 bits per heavy atom. The molecule has 1 saturated heterocycles. The van der Waals surface area contributed by atoms with Gasteiger partial charge in [-0.1, -0.05) is 23.5 Å². The molecule has 0 radical (unpaired) electrons. The van der Waals surface area contributed by atoms with E-state index in [0.717, 1.165) is 16.2 Å². The average Bonchev–Trinajstić information content (AvgIpc) is 3.13. The van der Waals surface area contributed by atoms with Crippen LogP contribution in [0.5, 0.6) is 0 Å². The van der Waals surface area contributed by atoms with Gasteiger partial charge in [0.05, 0.1) is 22.1 Å². The van der Waals surface area contributed by atoms with Gasteiger partial charge in [0.1, 0.15) is 11.9 Å². The quantitative estimate of drug-likeness (QED) is 0.663. The Bertz CT molecular complexity index is 928. The van der Waals surface area contributed by atoms with Crippen molar-refractivity contribution in [2.45, 2.75) is 25.8 Å². The number of nitrogens with zero attached hydrogens (tertiary/aromatic N) is 2. The summed E-state index contributed by atoms with van der Waals surface area (Å²) in [7, 11) is 0. The van der Waals surface area contributed by atoms with Crippen LogP contribution in [-0.4, -0.2) is 33.6 Å². The summed E-state index contributed by atoms with van der Waals surface area (Å²) < 4.78 is 13.9. The molecule has 0 spiro atoms. The number of aromatic nitrogens is 1. The molecule has 1 aliphatic heterocycles. The first kappa shape index (κ1) is 16.8. The maximum Gasteiger partial charge on any atom is 0.249 e. The van der Waals surface area contributed by atoms with E-state index in [9.17, 15) is 18.8 Å². The van der Waals surface area contributed by atoms with Crippen LogP contribution < -0.4 is 5.32 Å². The average molecular weight is 373 g/mol. The fourth-order valence-corrected chi connectivity index (χ4v) is 4.38. The van der Waals surface area contributed by atoms with Crippen LogP contribution in [0.4, 0.5) is 9.52 Å². The highest BCUT2D eigenvalue weighted by Crippen LogP contribution is 2.36. The van der Waals surface area contributed by atoms with Crippen LogP contribution in [0.25, 0.3) is 10.2 Å². The van der Waals surface area contributed by atoms with Gasteiger partial charge < -0.3 is 5.32 Å². The number of imide groups is 1. The van der Waals surface area contributed by atoms with E-state index in [1.54, 1.807) is 0 Å². The van der Waals surface area contributed by atoms with E-state index in [-0.39, 0.29) is 29.5 Å². The third kappa shape index (κ3) is 2.70. The van der Waals surface area contributed by atoms with Crippen molar-refractivity contribution in [3.8, 4) is 0 Å². The highest BCUT2D eigenvalue weighted by Gasteiger charge is 2.50. The monoisotopic (exact) mass is 373 g/mol. The number of likely N-dealkylation sites (tertiary alicyclic amines) is 1. The summed E-state index contributed by atoms with van der Waals surface area (Å²) in [6.45, 7) is 1.53. The number of halogens is 1. The number of carbonyl (C=O) groups is 3. The molecular weight excluding hydrogens is 357 g/mol. The first-order valence-corrected chi connectivity index (χ1v) is 9.16. The molecule has 2 aliphatic rings. The number of anilines is 1. The highest BCUT2D eigenvalue weighted by atomic mass is 32.1. The zero-order valence-corrected chi connectivity index (χ0v) is 14.8. The second-order valence-corrected chi connectivity index (χ2v) is 7.53. The minimum atomic E-state index is -0.927. The Balaban J connectivity index is 1.52. The molecule has 4 rings (SSSR count). The van der Waals surface area contributed by atoms with Gasteiger partial charge >= 0.3 is 0 Å². The van der Waals surface area contributed by atoms with Crippen LogP contribution in [0.1, 0.15) is 19.8 Å². The zero-order chi connectivity index (χ0) is 18.4. The summed E-state index contributed by atoms with van der Waals surface area (Å²) >= 11 is 1.14. The number of carbonyl (C=O) groups excluding carboxylic acids is 3. The fourth-order valence-electron chi connectivity index (χ4n) is 3.49. The van der Waals surface area contributed by atoms with Crippen LogP contribution in [-0.2, 0) is 14.4 Å². The third-order valence-electron chi connectivity index (χ3n) is 4.89. The molecule has 8 heteroatoms. The van der Waals surface area contributed by atoms with Crippen molar-refractivity contribution in [2.24, 2.45) is 11.8 Å². The molecule has 0 unspecified atom stereocenters. The lowest BCUT2D eigenvalue weighted by atomic mass is 9.85. The topological polar surface area (TPSA) is 79.4 Å². The first-order chi connectivity index (χ1) is 12.5. The molecule has 3 atom stereocenters. The Kier molecular flexibility index (Phi) is 4.07. The van der Waals surface area contributed by atoms with E-state index in [0.29, 0.717) is 28.2 Å². The van der Waals surface area contributed by atoms with Crippen molar-refractivity contribution in [1.29, 1.82) is 0 Å². The number of hydrogen-bond acceptors (Lipinski definition) is 5. The van der Waals surface area contributed by atoms with E-state index < -0.39 is 11.9 Å². The Morgan fingerprint density at radius 2 is 1.92 bits per heavy atom. The fraction of sp³-hybridized carbons (Fsp3) is 0.333. The summed E-state index contributed by atoms with van der Waals surface area (Å²) in [5.74, 6) is -2.19. The van der Waals surface area contributed by atoms with Gasteiger partial charge in [0.2, 0.25) is 17.7 Å². The molecule has 1 aromatic carbocycles. The Hall–Kier alpha value is -2.61. The number of fused-ring (bicyclic) bond motifs is 2. The lowest BCUT2D eigenvalue weighted by Crippen LogP contribution is -2.46. The van der Waals surface area contributed by atoms with E-state index in [2.05, 4.69) is 10.3 Å². The molecule has 6 nitrogen and oxygen atoms in total. The van der Waals surface area contributed by atoms with Crippen molar-refractivity contribution >= 4 is 44.4 Å². The second kappa shape index (κ2) is 6.28. The summed E-state index contributed by atoms with van der Waals surface area (Å²) in [4.78, 5) is 43.0. The lowest BCUT2D eigenvalue weighted by Gasteiger charge is -2.21. The number of hydrogen-bond donors (Lipinski definition) is 1. The van der Waals surface area contributed by atoms with Crippen LogP contribution >= 0.6 is 11.3 Å². The number of thiazole rings is 1. The van der Waals surface area contributed by atoms with E-state index in [1.807, 2.05) is 12.2 Å². The van der Waals surface area contributed by atoms with Crippen molar-refractivity contribution in [1.82, 2.24) is 9.88 Å². The molecule has 1 aliphatic carbocycles. The molecule has 1 aromatic heterocycles. The third-order valence-corrected chi connectivity index (χ3v) is 5.82. The van der Waals surface area contributed by atoms with Gasteiger partial charge in [-0.25, -0.2) is 9.37 Å². The van der Waals surface area contributed by atoms with Crippen molar-refractivity contribution in [3.05, 3.63) is 36.2 Å². The van der Waals surface area contributed by atoms with Crippen molar-refractivity contribution in [3.63, 3.8) is 0 Å². The molecule has 2 heterocycles. The zero-order valence-electron chi connectivity index (χ0n) is 13.9.